The van der Waals surface area contributed by atoms with E-state index in [4.69, 9.17) is 0 Å². The molecule has 2 heterocycles. The van der Waals surface area contributed by atoms with Gasteiger partial charge >= 0.3 is 0 Å². The Morgan fingerprint density at radius 1 is 1.22 bits per heavy atom. The van der Waals surface area contributed by atoms with Crippen LogP contribution in [0.25, 0.3) is 5.65 Å². The highest BCUT2D eigenvalue weighted by Gasteiger charge is 2.41. The van der Waals surface area contributed by atoms with Crippen molar-refractivity contribution in [2.24, 2.45) is 0 Å². The summed E-state index contributed by atoms with van der Waals surface area (Å²) in [5.41, 5.74) is 1.45. The van der Waals surface area contributed by atoms with E-state index >= 15 is 0 Å². The van der Waals surface area contributed by atoms with Crippen LogP contribution < -0.4 is 0 Å². The molecule has 0 saturated heterocycles. The molecule has 0 N–H and O–H groups in total. The Hall–Kier alpha value is -3.41. The summed E-state index contributed by atoms with van der Waals surface area (Å²) in [5, 5.41) is 20.8. The molecule has 3 aromatic rings. The fourth-order valence-electron chi connectivity index (χ4n) is 3.68. The van der Waals surface area contributed by atoms with Crippen LogP contribution in [0.5, 0.6) is 0 Å². The minimum absolute atomic E-state index is 0.0183. The molecule has 0 bridgehead atoms. The lowest BCUT2D eigenvalue weighted by Gasteiger charge is -2.26. The number of hydrogen-bond acceptors (Lipinski definition) is 4. The topological polar surface area (TPSA) is 84.2 Å². The number of benzene rings is 1. The quantitative estimate of drug-likeness (QED) is 0.393. The molecule has 2 atom stereocenters. The van der Waals surface area contributed by atoms with E-state index in [-0.39, 0.29) is 18.4 Å². The second kappa shape index (κ2) is 6.09. The summed E-state index contributed by atoms with van der Waals surface area (Å²) in [6, 6.07) is 5.06. The molecule has 9 heteroatoms. The highest BCUT2D eigenvalue weighted by Crippen LogP contribution is 2.36. The van der Waals surface area contributed by atoms with Gasteiger partial charge in [-0.1, -0.05) is 0 Å². The van der Waals surface area contributed by atoms with Gasteiger partial charge in [0.2, 0.25) is 6.04 Å². The first-order valence-corrected chi connectivity index (χ1v) is 8.07. The minimum atomic E-state index is -1.35. The normalized spacial score (nSPS) is 18.9. The van der Waals surface area contributed by atoms with Crippen LogP contribution in [0.2, 0.25) is 0 Å². The molecule has 1 aliphatic carbocycles. The van der Waals surface area contributed by atoms with Gasteiger partial charge in [0.25, 0.3) is 0 Å². The van der Waals surface area contributed by atoms with Crippen molar-refractivity contribution in [3.63, 3.8) is 0 Å². The number of nitro groups is 1. The number of nitrogens with zero attached hydrogens (tertiary/aromatic N) is 4. The Morgan fingerprint density at radius 3 is 2.67 bits per heavy atom. The van der Waals surface area contributed by atoms with Gasteiger partial charge in [0, 0.05) is 29.2 Å². The lowest BCUT2D eigenvalue weighted by molar-refractivity contribution is -0.527. The van der Waals surface area contributed by atoms with Crippen LogP contribution in [-0.4, -0.2) is 20.3 Å². The van der Waals surface area contributed by atoms with Gasteiger partial charge in [-0.15, -0.1) is 0 Å². The molecule has 0 aliphatic heterocycles. The predicted molar refractivity (Wildman–Crippen MR) is 87.2 cm³/mol. The number of pyridine rings is 1. The van der Waals surface area contributed by atoms with E-state index in [0.717, 1.165) is 0 Å². The van der Waals surface area contributed by atoms with Crippen LogP contribution in [0.4, 0.5) is 13.2 Å². The fourth-order valence-corrected chi connectivity index (χ4v) is 3.68. The Labute approximate surface area is 150 Å². The van der Waals surface area contributed by atoms with Crippen molar-refractivity contribution in [2.75, 3.05) is 0 Å². The first kappa shape index (κ1) is 17.0. The predicted octanol–water partition coefficient (Wildman–Crippen LogP) is 3.15. The van der Waals surface area contributed by atoms with Crippen LogP contribution in [0, 0.1) is 38.9 Å². The molecule has 1 aromatic carbocycles. The molecular weight excluding hydrogens is 361 g/mol. The maximum absolute atomic E-state index is 14.3. The van der Waals surface area contributed by atoms with Crippen molar-refractivity contribution >= 4 is 5.65 Å². The van der Waals surface area contributed by atoms with Crippen LogP contribution >= 0.6 is 0 Å². The first-order valence-electron chi connectivity index (χ1n) is 8.07. The van der Waals surface area contributed by atoms with E-state index < -0.39 is 34.3 Å². The van der Waals surface area contributed by atoms with Gasteiger partial charge in [0.15, 0.2) is 17.3 Å². The largest absolute Gasteiger partial charge is 0.302 e. The van der Waals surface area contributed by atoms with Gasteiger partial charge in [-0.2, -0.15) is 5.26 Å². The number of halogens is 3. The second-order valence-electron chi connectivity index (χ2n) is 6.39. The molecule has 4 rings (SSSR count). The average Bonchev–Trinajstić information content (AvgIpc) is 3.01. The van der Waals surface area contributed by atoms with Gasteiger partial charge in [-0.05, 0) is 18.2 Å². The van der Waals surface area contributed by atoms with Gasteiger partial charge in [-0.3, -0.25) is 10.1 Å². The van der Waals surface area contributed by atoms with E-state index in [2.05, 4.69) is 4.98 Å². The molecule has 0 amide bonds. The third-order valence-corrected chi connectivity index (χ3v) is 4.94. The van der Waals surface area contributed by atoms with Gasteiger partial charge in [-0.25, -0.2) is 18.2 Å². The van der Waals surface area contributed by atoms with Gasteiger partial charge in [0.1, 0.15) is 11.9 Å². The van der Waals surface area contributed by atoms with Gasteiger partial charge in [0.05, 0.1) is 29.3 Å². The number of rotatable bonds is 2. The molecule has 136 valence electrons. The molecule has 27 heavy (non-hydrogen) atoms. The zero-order valence-corrected chi connectivity index (χ0v) is 13.7. The van der Waals surface area contributed by atoms with Crippen molar-refractivity contribution < 1.29 is 18.1 Å². The second-order valence-corrected chi connectivity index (χ2v) is 6.39. The van der Waals surface area contributed by atoms with Crippen LogP contribution in [0.15, 0.2) is 30.5 Å². The summed E-state index contributed by atoms with van der Waals surface area (Å²) in [4.78, 5) is 15.5. The fraction of sp³-hybridized carbons (Fsp3) is 0.222. The molecule has 0 saturated carbocycles. The molecule has 2 unspecified atom stereocenters. The van der Waals surface area contributed by atoms with E-state index in [1.165, 1.54) is 0 Å². The van der Waals surface area contributed by atoms with E-state index in [0.29, 0.717) is 34.7 Å². The highest BCUT2D eigenvalue weighted by atomic mass is 19.2. The number of imidazole rings is 1. The molecule has 0 spiro atoms. The van der Waals surface area contributed by atoms with Crippen molar-refractivity contribution in [1.82, 2.24) is 9.38 Å². The molecule has 0 radical (unpaired) electrons. The van der Waals surface area contributed by atoms with Crippen LogP contribution in [0.3, 0.4) is 0 Å². The standard InChI is InChI=1S/C18H11F3N4O2/c19-12-6-14(21)13(20)4-10(12)11-5-15-17(7-16(11)25(26)27)24-3-1-2-9(8-22)18(24)23-15/h1-4,6,11,16H,5,7H2. The molecule has 1 aliphatic rings. The maximum Gasteiger partial charge on any atom is 0.225 e. The zero-order chi connectivity index (χ0) is 19.3. The van der Waals surface area contributed by atoms with Crippen molar-refractivity contribution in [3.8, 4) is 6.07 Å². The van der Waals surface area contributed by atoms with Crippen molar-refractivity contribution in [2.45, 2.75) is 24.8 Å². The Kier molecular flexibility index (Phi) is 3.84. The summed E-state index contributed by atoms with van der Waals surface area (Å²) in [7, 11) is 0. The van der Waals surface area contributed by atoms with E-state index in [9.17, 15) is 28.5 Å². The lowest BCUT2D eigenvalue weighted by atomic mass is 9.80. The third-order valence-electron chi connectivity index (χ3n) is 4.94. The van der Waals surface area contributed by atoms with E-state index in [1.807, 2.05) is 6.07 Å². The molecule has 2 aromatic heterocycles. The summed E-state index contributed by atoms with van der Waals surface area (Å²) in [6.45, 7) is 0. The summed E-state index contributed by atoms with van der Waals surface area (Å²) >= 11 is 0. The number of aromatic nitrogens is 2. The van der Waals surface area contributed by atoms with E-state index in [1.54, 1.807) is 22.7 Å². The Morgan fingerprint density at radius 2 is 1.96 bits per heavy atom. The first-order chi connectivity index (χ1) is 12.9. The smallest absolute Gasteiger partial charge is 0.225 e. The lowest BCUT2D eigenvalue weighted by Crippen LogP contribution is -2.36. The van der Waals surface area contributed by atoms with Crippen LogP contribution in [-0.2, 0) is 12.8 Å². The number of nitriles is 1. The average molecular weight is 372 g/mol. The summed E-state index contributed by atoms with van der Waals surface area (Å²) in [6.07, 6.45) is 1.56. The minimum Gasteiger partial charge on any atom is -0.302 e. The zero-order valence-electron chi connectivity index (χ0n) is 13.7. The Bertz CT molecular complexity index is 1140. The van der Waals surface area contributed by atoms with Crippen molar-refractivity contribution in [3.05, 3.63) is 80.5 Å². The highest BCUT2D eigenvalue weighted by molar-refractivity contribution is 5.57. The third kappa shape index (κ3) is 2.61. The van der Waals surface area contributed by atoms with Crippen molar-refractivity contribution in [1.29, 1.82) is 5.26 Å². The van der Waals surface area contributed by atoms with Crippen LogP contribution in [0.1, 0.15) is 28.4 Å². The monoisotopic (exact) mass is 372 g/mol. The molecular formula is C18H11F3N4O2. The number of hydrogen-bond donors (Lipinski definition) is 0. The Balaban J connectivity index is 1.88. The van der Waals surface area contributed by atoms with Gasteiger partial charge < -0.3 is 4.40 Å². The molecule has 0 fully saturated rings. The number of fused-ring (bicyclic) bond motifs is 3. The SMILES string of the molecule is N#Cc1cccn2c3c(nc12)CC(c1cc(F)c(F)cc1F)C([N+](=O)[O-])C3. The maximum atomic E-state index is 14.3. The summed E-state index contributed by atoms with van der Waals surface area (Å²) < 4.78 is 42.8. The molecule has 6 nitrogen and oxygen atoms in total. The summed E-state index contributed by atoms with van der Waals surface area (Å²) in [5.74, 6) is -4.65.